The Morgan fingerprint density at radius 1 is 1.17 bits per heavy atom. The van der Waals surface area contributed by atoms with Crippen LogP contribution in [-0.4, -0.2) is 29.8 Å². The number of piperidine rings is 1. The Bertz CT molecular complexity index is 301. The van der Waals surface area contributed by atoms with E-state index in [1.807, 2.05) is 0 Å². The number of nitrogens with zero attached hydrogens (tertiary/aromatic N) is 1. The predicted molar refractivity (Wildman–Crippen MR) is 83.9 cm³/mol. The average molecular weight is 290 g/mol. The highest BCUT2D eigenvalue weighted by Crippen LogP contribution is 2.67. The van der Waals surface area contributed by atoms with Crippen molar-refractivity contribution < 1.29 is 0 Å². The second-order valence-electron chi connectivity index (χ2n) is 7.12. The molecule has 2 bridgehead atoms. The smallest absolute Gasteiger partial charge is 0.0168 e. The maximum absolute atomic E-state index is 4.77. The molecule has 0 N–H and O–H groups in total. The van der Waals surface area contributed by atoms with Crippen molar-refractivity contribution in [3.63, 3.8) is 0 Å². The molecule has 2 aliphatic carbocycles. The minimum Gasteiger partial charge on any atom is -0.300 e. The summed E-state index contributed by atoms with van der Waals surface area (Å²) >= 11 is 4.77. The van der Waals surface area contributed by atoms with Crippen LogP contribution in [0.1, 0.15) is 52.4 Å². The van der Waals surface area contributed by atoms with Gasteiger partial charge in [0, 0.05) is 11.5 Å². The number of halogens is 1. The van der Waals surface area contributed by atoms with Gasteiger partial charge in [-0.3, -0.25) is 4.90 Å². The summed E-state index contributed by atoms with van der Waals surface area (Å²) in [6.07, 6.45) is 8.62. The normalized spacial score (nSPS) is 42.8. The lowest BCUT2D eigenvalue weighted by Crippen LogP contribution is -2.51. The van der Waals surface area contributed by atoms with Crippen molar-refractivity contribution in [3.8, 4) is 0 Å². The number of hydrogen-bond acceptors (Lipinski definition) is 2. The molecule has 3 atom stereocenters. The first-order valence-corrected chi connectivity index (χ1v) is 8.10. The fourth-order valence-corrected chi connectivity index (χ4v) is 5.92. The molecule has 0 amide bonds. The van der Waals surface area contributed by atoms with Crippen LogP contribution < -0.4 is 0 Å². The van der Waals surface area contributed by atoms with E-state index in [0.717, 1.165) is 17.7 Å². The van der Waals surface area contributed by atoms with Gasteiger partial charge in [0.25, 0.3) is 0 Å². The van der Waals surface area contributed by atoms with Gasteiger partial charge in [0.2, 0.25) is 0 Å². The molecule has 106 valence electrons. The summed E-state index contributed by atoms with van der Waals surface area (Å²) in [6.45, 7) is 7.74. The molecule has 0 radical (unpaired) electrons. The lowest BCUT2D eigenvalue weighted by molar-refractivity contribution is 0.0366. The number of hydrogen-bond donors (Lipinski definition) is 1. The standard InChI is InChI=1S/C15H27NS.ClH/c1-14(2)12-6-7-15(14,11-17)13(10-12)16-8-4-3-5-9-16;/h12-13,17H,3-11H2,1-2H3;1H. The molecule has 0 spiro atoms. The van der Waals surface area contributed by atoms with Crippen molar-refractivity contribution in [1.29, 1.82) is 0 Å². The molecule has 0 aromatic rings. The summed E-state index contributed by atoms with van der Waals surface area (Å²) in [6, 6.07) is 0.842. The Balaban J connectivity index is 0.00000120. The van der Waals surface area contributed by atoms with Crippen LogP contribution >= 0.6 is 25.0 Å². The summed E-state index contributed by atoms with van der Waals surface area (Å²) in [7, 11) is 0. The molecule has 3 aliphatic rings. The van der Waals surface area contributed by atoms with Crippen LogP contribution in [0.2, 0.25) is 0 Å². The van der Waals surface area contributed by atoms with E-state index >= 15 is 0 Å². The van der Waals surface area contributed by atoms with Crippen LogP contribution in [0.4, 0.5) is 0 Å². The van der Waals surface area contributed by atoms with Gasteiger partial charge in [0.1, 0.15) is 0 Å². The molecule has 1 saturated heterocycles. The fraction of sp³-hybridized carbons (Fsp3) is 1.00. The van der Waals surface area contributed by atoms with Gasteiger partial charge in [0.15, 0.2) is 0 Å². The molecule has 3 heteroatoms. The molecule has 3 fully saturated rings. The van der Waals surface area contributed by atoms with Crippen molar-refractivity contribution in [2.24, 2.45) is 16.7 Å². The lowest BCUT2D eigenvalue weighted by atomic mass is 9.68. The molecule has 3 unspecified atom stereocenters. The van der Waals surface area contributed by atoms with Crippen molar-refractivity contribution >= 4 is 25.0 Å². The third kappa shape index (κ3) is 1.86. The van der Waals surface area contributed by atoms with Gasteiger partial charge in [-0.15, -0.1) is 12.4 Å². The van der Waals surface area contributed by atoms with Crippen LogP contribution in [0.25, 0.3) is 0 Å². The van der Waals surface area contributed by atoms with Crippen molar-refractivity contribution in [2.75, 3.05) is 18.8 Å². The molecule has 18 heavy (non-hydrogen) atoms. The number of likely N-dealkylation sites (tertiary alicyclic amines) is 1. The van der Waals surface area contributed by atoms with Gasteiger partial charge in [-0.2, -0.15) is 12.6 Å². The molecule has 0 aromatic heterocycles. The van der Waals surface area contributed by atoms with Crippen molar-refractivity contribution in [2.45, 2.75) is 58.4 Å². The second-order valence-corrected chi connectivity index (χ2v) is 7.44. The van der Waals surface area contributed by atoms with Gasteiger partial charge in [0.05, 0.1) is 0 Å². The highest BCUT2D eigenvalue weighted by atomic mass is 35.5. The first-order chi connectivity index (χ1) is 8.12. The molecule has 1 nitrogen and oxygen atoms in total. The minimum absolute atomic E-state index is 0. The first-order valence-electron chi connectivity index (χ1n) is 7.47. The van der Waals surface area contributed by atoms with Crippen LogP contribution in [0.5, 0.6) is 0 Å². The Morgan fingerprint density at radius 3 is 2.39 bits per heavy atom. The Kier molecular flexibility index (Phi) is 4.32. The predicted octanol–water partition coefficient (Wildman–Crippen LogP) is 4.02. The summed E-state index contributed by atoms with van der Waals surface area (Å²) in [5.41, 5.74) is 1.04. The third-order valence-corrected chi connectivity index (χ3v) is 7.07. The molecular weight excluding hydrogens is 262 g/mol. The van der Waals surface area contributed by atoms with E-state index in [0.29, 0.717) is 10.8 Å². The van der Waals surface area contributed by atoms with Gasteiger partial charge < -0.3 is 0 Å². The SMILES string of the molecule is CC1(C)C2CCC1(CS)C(N1CCCCC1)C2.Cl. The molecule has 1 aliphatic heterocycles. The summed E-state index contributed by atoms with van der Waals surface area (Å²) in [5.74, 6) is 2.05. The zero-order chi connectivity index (χ0) is 12.1. The van der Waals surface area contributed by atoms with Gasteiger partial charge in [-0.05, 0) is 62.3 Å². The van der Waals surface area contributed by atoms with Crippen molar-refractivity contribution in [3.05, 3.63) is 0 Å². The van der Waals surface area contributed by atoms with Crippen LogP contribution in [0.15, 0.2) is 0 Å². The van der Waals surface area contributed by atoms with Crippen LogP contribution in [0, 0.1) is 16.7 Å². The monoisotopic (exact) mass is 289 g/mol. The Labute approximate surface area is 124 Å². The summed E-state index contributed by atoms with van der Waals surface area (Å²) < 4.78 is 0. The Hall–Kier alpha value is 0.600. The molecule has 2 saturated carbocycles. The number of rotatable bonds is 2. The van der Waals surface area contributed by atoms with Gasteiger partial charge in [-0.25, -0.2) is 0 Å². The van der Waals surface area contributed by atoms with E-state index in [1.165, 1.54) is 51.6 Å². The van der Waals surface area contributed by atoms with Crippen molar-refractivity contribution in [1.82, 2.24) is 4.90 Å². The highest BCUT2D eigenvalue weighted by molar-refractivity contribution is 7.80. The minimum atomic E-state index is 0. The zero-order valence-corrected chi connectivity index (χ0v) is 13.5. The number of fused-ring (bicyclic) bond motifs is 2. The summed E-state index contributed by atoms with van der Waals surface area (Å²) in [4.78, 5) is 2.82. The van der Waals surface area contributed by atoms with Gasteiger partial charge in [-0.1, -0.05) is 20.3 Å². The maximum Gasteiger partial charge on any atom is 0.0168 e. The molecule has 0 aromatic carbocycles. The largest absolute Gasteiger partial charge is 0.300 e. The van der Waals surface area contributed by atoms with E-state index in [2.05, 4.69) is 18.7 Å². The zero-order valence-electron chi connectivity index (χ0n) is 11.8. The average Bonchev–Trinajstić information content (AvgIpc) is 2.74. The van der Waals surface area contributed by atoms with E-state index < -0.39 is 0 Å². The van der Waals surface area contributed by atoms with Crippen LogP contribution in [-0.2, 0) is 0 Å². The van der Waals surface area contributed by atoms with E-state index in [4.69, 9.17) is 12.6 Å². The first kappa shape index (κ1) is 15.0. The topological polar surface area (TPSA) is 3.24 Å². The molecule has 1 heterocycles. The summed E-state index contributed by atoms with van der Waals surface area (Å²) in [5, 5.41) is 0. The quantitative estimate of drug-likeness (QED) is 0.752. The molecular formula is C15H28ClNS. The third-order valence-electron chi connectivity index (χ3n) is 6.50. The van der Waals surface area contributed by atoms with Gasteiger partial charge >= 0.3 is 0 Å². The Morgan fingerprint density at radius 2 is 1.83 bits per heavy atom. The van der Waals surface area contributed by atoms with Crippen LogP contribution in [0.3, 0.4) is 0 Å². The maximum atomic E-state index is 4.77. The van der Waals surface area contributed by atoms with E-state index in [1.54, 1.807) is 0 Å². The van der Waals surface area contributed by atoms with E-state index in [-0.39, 0.29) is 12.4 Å². The number of thiol groups is 1. The van der Waals surface area contributed by atoms with E-state index in [9.17, 15) is 0 Å². The second kappa shape index (κ2) is 5.18. The fourth-order valence-electron chi connectivity index (χ4n) is 5.14. The lowest BCUT2D eigenvalue weighted by Gasteiger charge is -2.47. The highest BCUT2D eigenvalue weighted by Gasteiger charge is 2.64. The molecule has 3 rings (SSSR count).